The fourth-order valence-corrected chi connectivity index (χ4v) is 1.59. The molecule has 2 heteroatoms. The van der Waals surface area contributed by atoms with E-state index >= 15 is 0 Å². The molecule has 0 bridgehead atoms. The summed E-state index contributed by atoms with van der Waals surface area (Å²) in [5, 5.41) is 0. The summed E-state index contributed by atoms with van der Waals surface area (Å²) in [6.07, 6.45) is 6.22. The molecule has 0 amide bonds. The average Bonchev–Trinajstić information content (AvgIpc) is 2.32. The van der Waals surface area contributed by atoms with Gasteiger partial charge >= 0.3 is 0 Å². The van der Waals surface area contributed by atoms with Crippen LogP contribution in [-0.4, -0.2) is 12.7 Å². The Morgan fingerprint density at radius 1 is 1.27 bits per heavy atom. The fourth-order valence-electron chi connectivity index (χ4n) is 1.59. The van der Waals surface area contributed by atoms with Crippen LogP contribution in [0.4, 0.5) is 0 Å². The van der Waals surface area contributed by atoms with Gasteiger partial charge in [-0.05, 0) is 24.5 Å². The van der Waals surface area contributed by atoms with E-state index in [2.05, 4.69) is 12.1 Å². The van der Waals surface area contributed by atoms with Gasteiger partial charge in [-0.3, -0.25) is 0 Å². The molecule has 15 heavy (non-hydrogen) atoms. The standard InChI is InChI=1S/C13H16O2/c1-2-6-12(7-3-1)10-14-11-13-8-4-5-9-15-13/h1-3,5-7,9,13H,4,8,10-11H2. The molecule has 1 unspecified atom stereocenters. The minimum atomic E-state index is 0.235. The largest absolute Gasteiger partial charge is 0.496 e. The van der Waals surface area contributed by atoms with Crippen LogP contribution in [0.3, 0.4) is 0 Å². The van der Waals surface area contributed by atoms with E-state index in [1.165, 1.54) is 5.56 Å². The Kier molecular flexibility index (Phi) is 3.80. The molecule has 0 radical (unpaired) electrons. The summed E-state index contributed by atoms with van der Waals surface area (Å²) < 4.78 is 11.0. The van der Waals surface area contributed by atoms with Gasteiger partial charge in [-0.2, -0.15) is 0 Å². The van der Waals surface area contributed by atoms with Crippen molar-refractivity contribution in [2.24, 2.45) is 0 Å². The van der Waals surface area contributed by atoms with Crippen molar-refractivity contribution in [2.45, 2.75) is 25.6 Å². The lowest BCUT2D eigenvalue weighted by molar-refractivity contribution is 0.0109. The Balaban J connectivity index is 1.68. The van der Waals surface area contributed by atoms with Crippen LogP contribution in [0.15, 0.2) is 42.7 Å². The summed E-state index contributed by atoms with van der Waals surface area (Å²) in [6.45, 7) is 1.35. The first-order valence-electron chi connectivity index (χ1n) is 5.37. The zero-order valence-corrected chi connectivity index (χ0v) is 8.76. The molecule has 80 valence electrons. The number of hydrogen-bond acceptors (Lipinski definition) is 2. The maximum Gasteiger partial charge on any atom is 0.121 e. The van der Waals surface area contributed by atoms with Gasteiger partial charge in [0.2, 0.25) is 0 Å². The van der Waals surface area contributed by atoms with E-state index in [1.54, 1.807) is 6.26 Å². The lowest BCUT2D eigenvalue weighted by Gasteiger charge is -2.19. The molecular formula is C13H16O2. The van der Waals surface area contributed by atoms with Crippen molar-refractivity contribution in [3.63, 3.8) is 0 Å². The first kappa shape index (κ1) is 10.2. The van der Waals surface area contributed by atoms with Gasteiger partial charge in [-0.1, -0.05) is 30.3 Å². The third-order valence-corrected chi connectivity index (χ3v) is 2.44. The van der Waals surface area contributed by atoms with Crippen molar-refractivity contribution in [1.82, 2.24) is 0 Å². The summed E-state index contributed by atoms with van der Waals surface area (Å²) in [4.78, 5) is 0. The first-order valence-corrected chi connectivity index (χ1v) is 5.37. The predicted octanol–water partition coefficient (Wildman–Crippen LogP) is 2.90. The number of allylic oxidation sites excluding steroid dienone is 1. The maximum atomic E-state index is 5.60. The lowest BCUT2D eigenvalue weighted by atomic mass is 10.2. The van der Waals surface area contributed by atoms with E-state index in [0.717, 1.165) is 12.8 Å². The van der Waals surface area contributed by atoms with Crippen LogP contribution >= 0.6 is 0 Å². The number of hydrogen-bond donors (Lipinski definition) is 0. The second kappa shape index (κ2) is 5.56. The van der Waals surface area contributed by atoms with Gasteiger partial charge in [0.15, 0.2) is 0 Å². The minimum absolute atomic E-state index is 0.235. The van der Waals surface area contributed by atoms with Crippen molar-refractivity contribution >= 4 is 0 Å². The summed E-state index contributed by atoms with van der Waals surface area (Å²) in [7, 11) is 0. The highest BCUT2D eigenvalue weighted by Crippen LogP contribution is 2.11. The smallest absolute Gasteiger partial charge is 0.121 e. The van der Waals surface area contributed by atoms with Gasteiger partial charge in [0, 0.05) is 0 Å². The highest BCUT2D eigenvalue weighted by atomic mass is 16.5. The molecule has 1 heterocycles. The van der Waals surface area contributed by atoms with Gasteiger partial charge in [-0.25, -0.2) is 0 Å². The number of ether oxygens (including phenoxy) is 2. The monoisotopic (exact) mass is 204 g/mol. The van der Waals surface area contributed by atoms with Crippen molar-refractivity contribution in [3.8, 4) is 0 Å². The molecule has 1 aromatic rings. The van der Waals surface area contributed by atoms with Crippen LogP contribution in [0.1, 0.15) is 18.4 Å². The molecule has 1 atom stereocenters. The summed E-state index contributed by atoms with van der Waals surface area (Å²) >= 11 is 0. The molecule has 2 rings (SSSR count). The third kappa shape index (κ3) is 3.40. The Morgan fingerprint density at radius 3 is 2.87 bits per heavy atom. The molecule has 0 spiro atoms. The van der Waals surface area contributed by atoms with Crippen molar-refractivity contribution in [2.75, 3.05) is 6.61 Å². The molecule has 0 aliphatic carbocycles. The van der Waals surface area contributed by atoms with Crippen LogP contribution < -0.4 is 0 Å². The zero-order chi connectivity index (χ0) is 10.3. The van der Waals surface area contributed by atoms with E-state index in [9.17, 15) is 0 Å². The second-order valence-electron chi connectivity index (χ2n) is 3.71. The van der Waals surface area contributed by atoms with E-state index in [-0.39, 0.29) is 6.10 Å². The average molecular weight is 204 g/mol. The summed E-state index contributed by atoms with van der Waals surface area (Å²) in [5.41, 5.74) is 1.21. The summed E-state index contributed by atoms with van der Waals surface area (Å²) in [6, 6.07) is 10.2. The molecule has 0 aromatic heterocycles. The molecule has 0 N–H and O–H groups in total. The first-order chi connectivity index (χ1) is 7.45. The predicted molar refractivity (Wildman–Crippen MR) is 59.3 cm³/mol. The van der Waals surface area contributed by atoms with E-state index in [1.807, 2.05) is 24.3 Å². The van der Waals surface area contributed by atoms with Crippen LogP contribution in [0, 0.1) is 0 Å². The minimum Gasteiger partial charge on any atom is -0.496 e. The Bertz CT molecular complexity index is 306. The van der Waals surface area contributed by atoms with Gasteiger partial charge in [-0.15, -0.1) is 0 Å². The van der Waals surface area contributed by atoms with E-state index < -0.39 is 0 Å². The van der Waals surface area contributed by atoms with Crippen LogP contribution in [0.5, 0.6) is 0 Å². The zero-order valence-electron chi connectivity index (χ0n) is 8.76. The molecule has 0 saturated heterocycles. The lowest BCUT2D eigenvalue weighted by Crippen LogP contribution is -2.19. The molecular weight excluding hydrogens is 188 g/mol. The van der Waals surface area contributed by atoms with Gasteiger partial charge in [0.25, 0.3) is 0 Å². The highest BCUT2D eigenvalue weighted by Gasteiger charge is 2.10. The molecule has 2 nitrogen and oxygen atoms in total. The SMILES string of the molecule is C1=COC(COCc2ccccc2)CC1. The van der Waals surface area contributed by atoms with Crippen LogP contribution in [-0.2, 0) is 16.1 Å². The topological polar surface area (TPSA) is 18.5 Å². The maximum absolute atomic E-state index is 5.60. The van der Waals surface area contributed by atoms with Crippen molar-refractivity contribution < 1.29 is 9.47 Å². The Morgan fingerprint density at radius 2 is 2.13 bits per heavy atom. The summed E-state index contributed by atoms with van der Waals surface area (Å²) in [5.74, 6) is 0. The van der Waals surface area contributed by atoms with Crippen LogP contribution in [0.2, 0.25) is 0 Å². The molecule has 1 aliphatic rings. The molecule has 1 aliphatic heterocycles. The Hall–Kier alpha value is -1.28. The van der Waals surface area contributed by atoms with Crippen molar-refractivity contribution in [3.05, 3.63) is 48.2 Å². The van der Waals surface area contributed by atoms with E-state index in [0.29, 0.717) is 13.2 Å². The molecule has 0 saturated carbocycles. The van der Waals surface area contributed by atoms with Gasteiger partial charge in [0.1, 0.15) is 6.10 Å². The van der Waals surface area contributed by atoms with Gasteiger partial charge in [0.05, 0.1) is 19.5 Å². The van der Waals surface area contributed by atoms with E-state index in [4.69, 9.17) is 9.47 Å². The Labute approximate surface area is 90.5 Å². The molecule has 1 aromatic carbocycles. The number of benzene rings is 1. The fraction of sp³-hybridized carbons (Fsp3) is 0.385. The number of rotatable bonds is 4. The van der Waals surface area contributed by atoms with Gasteiger partial charge < -0.3 is 9.47 Å². The second-order valence-corrected chi connectivity index (χ2v) is 3.71. The van der Waals surface area contributed by atoms with Crippen molar-refractivity contribution in [1.29, 1.82) is 0 Å². The highest BCUT2D eigenvalue weighted by molar-refractivity contribution is 5.13. The molecule has 0 fully saturated rings. The normalized spacial score (nSPS) is 19.9. The quantitative estimate of drug-likeness (QED) is 0.750. The van der Waals surface area contributed by atoms with Crippen LogP contribution in [0.25, 0.3) is 0 Å². The third-order valence-electron chi connectivity index (χ3n) is 2.44.